The highest BCUT2D eigenvalue weighted by Gasteiger charge is 2.42. The van der Waals surface area contributed by atoms with E-state index in [0.717, 1.165) is 56.3 Å². The lowest BCUT2D eigenvalue weighted by Crippen LogP contribution is -2.54. The number of aromatic nitrogens is 3. The molecule has 2 aromatic rings. The third-order valence-corrected chi connectivity index (χ3v) is 6.29. The lowest BCUT2D eigenvalue weighted by atomic mass is 9.71. The zero-order valence-electron chi connectivity index (χ0n) is 14.6. The summed E-state index contributed by atoms with van der Waals surface area (Å²) in [6.07, 6.45) is 8.05. The van der Waals surface area contributed by atoms with E-state index in [2.05, 4.69) is 37.1 Å². The van der Waals surface area contributed by atoms with E-state index in [1.54, 1.807) is 29.9 Å². The van der Waals surface area contributed by atoms with Crippen molar-refractivity contribution in [1.29, 1.82) is 0 Å². The Morgan fingerprint density at radius 1 is 1.32 bits per heavy atom. The lowest BCUT2D eigenvalue weighted by molar-refractivity contribution is 0.0241. The average molecular weight is 359 g/mol. The molecule has 1 unspecified atom stereocenters. The van der Waals surface area contributed by atoms with E-state index in [1.807, 2.05) is 0 Å². The molecule has 0 radical (unpaired) electrons. The molecule has 2 aliphatic rings. The zero-order chi connectivity index (χ0) is 17.3. The number of nitrogens with zero attached hydrogens (tertiary/aromatic N) is 5. The maximum absolute atomic E-state index is 10.5. The third-order valence-electron chi connectivity index (χ3n) is 5.47. The largest absolute Gasteiger partial charge is 0.391 e. The van der Waals surface area contributed by atoms with Crippen LogP contribution in [0, 0.1) is 12.3 Å². The van der Waals surface area contributed by atoms with E-state index < -0.39 is 0 Å². The van der Waals surface area contributed by atoms with Gasteiger partial charge in [-0.2, -0.15) is 0 Å². The molecule has 1 N–H and O–H groups in total. The Balaban J connectivity index is 1.40. The number of hydrogen-bond acceptors (Lipinski definition) is 7. The van der Waals surface area contributed by atoms with Crippen LogP contribution in [0.15, 0.2) is 24.0 Å². The van der Waals surface area contributed by atoms with Gasteiger partial charge in [-0.05, 0) is 44.7 Å². The number of aliphatic hydroxyl groups is 1. The van der Waals surface area contributed by atoms with Crippen molar-refractivity contribution in [2.45, 2.75) is 38.8 Å². The van der Waals surface area contributed by atoms with Crippen LogP contribution in [0.25, 0.3) is 0 Å². The van der Waals surface area contributed by atoms with Gasteiger partial charge < -0.3 is 10.0 Å². The molecule has 2 aliphatic heterocycles. The van der Waals surface area contributed by atoms with Crippen molar-refractivity contribution in [2.75, 3.05) is 31.1 Å². The fourth-order valence-corrected chi connectivity index (χ4v) is 4.84. The number of aliphatic hydroxyl groups excluding tert-OH is 1. The van der Waals surface area contributed by atoms with Gasteiger partial charge in [-0.25, -0.2) is 9.97 Å². The predicted molar refractivity (Wildman–Crippen MR) is 98.7 cm³/mol. The predicted octanol–water partition coefficient (Wildman–Crippen LogP) is 2.09. The summed E-state index contributed by atoms with van der Waals surface area (Å²) in [5.41, 5.74) is 1.37. The Bertz CT molecular complexity index is 699. The van der Waals surface area contributed by atoms with Gasteiger partial charge in [-0.1, -0.05) is 0 Å². The minimum atomic E-state index is -0.288. The van der Waals surface area contributed by atoms with Crippen molar-refractivity contribution in [1.82, 2.24) is 19.9 Å². The second kappa shape index (κ2) is 6.97. The third kappa shape index (κ3) is 3.83. The first-order chi connectivity index (χ1) is 12.1. The molecule has 1 spiro atoms. The summed E-state index contributed by atoms with van der Waals surface area (Å²) in [5, 5.41) is 13.8. The van der Waals surface area contributed by atoms with Gasteiger partial charge in [0.05, 0.1) is 23.0 Å². The Labute approximate surface area is 152 Å². The molecule has 134 valence electrons. The van der Waals surface area contributed by atoms with E-state index in [9.17, 15) is 5.11 Å². The maximum Gasteiger partial charge on any atom is 0.147 e. The molecule has 0 amide bonds. The zero-order valence-corrected chi connectivity index (χ0v) is 15.5. The molecule has 4 rings (SSSR count). The fraction of sp³-hybridized carbons (Fsp3) is 0.611. The maximum atomic E-state index is 10.5. The highest BCUT2D eigenvalue weighted by atomic mass is 32.1. The second-order valence-corrected chi connectivity index (χ2v) is 8.50. The van der Waals surface area contributed by atoms with Crippen molar-refractivity contribution in [2.24, 2.45) is 5.41 Å². The van der Waals surface area contributed by atoms with Crippen LogP contribution in [-0.2, 0) is 6.54 Å². The standard InChI is InChI=1S/C18H25N5OS/c1-14-21-15(12-25-14)10-22-6-2-18(3-7-22)8-16(24)11-23(13-18)17-9-19-4-5-20-17/h4-5,9,12,16,24H,2-3,6-8,10-11,13H2,1H3. The van der Waals surface area contributed by atoms with Gasteiger partial charge in [0.1, 0.15) is 5.82 Å². The molecular formula is C18H25N5OS. The summed E-state index contributed by atoms with van der Waals surface area (Å²) < 4.78 is 0. The van der Waals surface area contributed by atoms with Gasteiger partial charge >= 0.3 is 0 Å². The lowest BCUT2D eigenvalue weighted by Gasteiger charge is -2.49. The Kier molecular flexibility index (Phi) is 4.71. The fourth-order valence-electron chi connectivity index (χ4n) is 4.24. The summed E-state index contributed by atoms with van der Waals surface area (Å²) in [6.45, 7) is 6.75. The first-order valence-electron chi connectivity index (χ1n) is 8.94. The van der Waals surface area contributed by atoms with Crippen molar-refractivity contribution < 1.29 is 5.11 Å². The normalized spacial score (nSPS) is 23.9. The van der Waals surface area contributed by atoms with Crippen molar-refractivity contribution in [3.63, 3.8) is 0 Å². The van der Waals surface area contributed by atoms with Crippen LogP contribution in [0.5, 0.6) is 0 Å². The van der Waals surface area contributed by atoms with Crippen molar-refractivity contribution in [3.05, 3.63) is 34.7 Å². The topological polar surface area (TPSA) is 65.4 Å². The Morgan fingerprint density at radius 2 is 2.16 bits per heavy atom. The van der Waals surface area contributed by atoms with Crippen LogP contribution >= 0.6 is 11.3 Å². The molecule has 0 bridgehead atoms. The Hall–Kier alpha value is -1.57. The van der Waals surface area contributed by atoms with E-state index in [1.165, 1.54) is 5.69 Å². The molecule has 2 aromatic heterocycles. The molecule has 25 heavy (non-hydrogen) atoms. The summed E-state index contributed by atoms with van der Waals surface area (Å²) in [4.78, 5) is 17.9. The number of aryl methyl sites for hydroxylation is 1. The van der Waals surface area contributed by atoms with Gasteiger partial charge in [0.2, 0.25) is 0 Å². The molecule has 7 heteroatoms. The van der Waals surface area contributed by atoms with Crippen molar-refractivity contribution in [3.8, 4) is 0 Å². The number of likely N-dealkylation sites (tertiary alicyclic amines) is 1. The molecule has 0 aliphatic carbocycles. The smallest absolute Gasteiger partial charge is 0.147 e. The molecule has 2 saturated heterocycles. The van der Waals surface area contributed by atoms with E-state index in [0.29, 0.717) is 6.54 Å². The summed E-state index contributed by atoms with van der Waals surface area (Å²) in [6, 6.07) is 0. The highest BCUT2D eigenvalue weighted by molar-refractivity contribution is 7.09. The second-order valence-electron chi connectivity index (χ2n) is 7.44. The number of anilines is 1. The molecule has 2 fully saturated rings. The van der Waals surface area contributed by atoms with E-state index >= 15 is 0 Å². The molecule has 0 saturated carbocycles. The van der Waals surface area contributed by atoms with Gasteiger partial charge in [0.15, 0.2) is 0 Å². The van der Waals surface area contributed by atoms with Gasteiger partial charge in [0, 0.05) is 37.4 Å². The number of hydrogen-bond donors (Lipinski definition) is 1. The molecule has 0 aromatic carbocycles. The molecular weight excluding hydrogens is 334 g/mol. The first-order valence-corrected chi connectivity index (χ1v) is 9.82. The van der Waals surface area contributed by atoms with Crippen LogP contribution in [-0.4, -0.2) is 57.2 Å². The molecule has 4 heterocycles. The average Bonchev–Trinajstić information content (AvgIpc) is 3.02. The number of thiazole rings is 1. The minimum Gasteiger partial charge on any atom is -0.391 e. The van der Waals surface area contributed by atoms with Gasteiger partial charge in [0.25, 0.3) is 0 Å². The minimum absolute atomic E-state index is 0.184. The summed E-state index contributed by atoms with van der Waals surface area (Å²) in [5.74, 6) is 0.876. The molecule has 6 nitrogen and oxygen atoms in total. The quantitative estimate of drug-likeness (QED) is 0.905. The van der Waals surface area contributed by atoms with Crippen LogP contribution in [0.3, 0.4) is 0 Å². The number of rotatable bonds is 3. The van der Waals surface area contributed by atoms with Crippen LogP contribution in [0.2, 0.25) is 0 Å². The summed E-state index contributed by atoms with van der Waals surface area (Å²) >= 11 is 1.72. The number of β-amino-alcohol motifs (C(OH)–C–C–N with tert-alkyl or cyclic N) is 1. The number of piperidine rings is 2. The van der Waals surface area contributed by atoms with Gasteiger partial charge in [-0.3, -0.25) is 9.88 Å². The van der Waals surface area contributed by atoms with Crippen molar-refractivity contribution >= 4 is 17.2 Å². The van der Waals surface area contributed by atoms with Gasteiger partial charge in [-0.15, -0.1) is 11.3 Å². The van der Waals surface area contributed by atoms with E-state index in [-0.39, 0.29) is 11.5 Å². The Morgan fingerprint density at radius 3 is 2.84 bits per heavy atom. The van der Waals surface area contributed by atoms with E-state index in [4.69, 9.17) is 0 Å². The van der Waals surface area contributed by atoms with Crippen LogP contribution < -0.4 is 4.90 Å². The van der Waals surface area contributed by atoms with Crippen LogP contribution in [0.4, 0.5) is 5.82 Å². The molecule has 1 atom stereocenters. The first kappa shape index (κ1) is 16.9. The SMILES string of the molecule is Cc1nc(CN2CCC3(CC2)CC(O)CN(c2cnccn2)C3)cs1. The van der Waals surface area contributed by atoms with Crippen LogP contribution in [0.1, 0.15) is 30.0 Å². The monoisotopic (exact) mass is 359 g/mol. The highest BCUT2D eigenvalue weighted by Crippen LogP contribution is 2.41. The summed E-state index contributed by atoms with van der Waals surface area (Å²) in [7, 11) is 0.